The molecule has 32 heavy (non-hydrogen) atoms. The highest BCUT2D eigenvalue weighted by atomic mass is 35.5. The summed E-state index contributed by atoms with van der Waals surface area (Å²) < 4.78 is 11.9. The lowest BCUT2D eigenvalue weighted by Gasteiger charge is -2.13. The molecule has 158 valence electrons. The molecule has 0 aliphatic heterocycles. The molecule has 3 nitrogen and oxygen atoms in total. The first-order chi connectivity index (χ1) is 15.7. The average Bonchev–Trinajstić information content (AvgIpc) is 2.82. The summed E-state index contributed by atoms with van der Waals surface area (Å²) in [5, 5.41) is 12.6. The number of hydrogen-bond acceptors (Lipinski definition) is 3. The predicted molar refractivity (Wildman–Crippen MR) is 131 cm³/mol. The molecule has 4 aromatic rings. The molecule has 0 heterocycles. The van der Waals surface area contributed by atoms with Crippen LogP contribution >= 0.6 is 11.6 Å². The molecule has 0 saturated heterocycles. The van der Waals surface area contributed by atoms with Gasteiger partial charge in [0.2, 0.25) is 0 Å². The van der Waals surface area contributed by atoms with Gasteiger partial charge in [-0.15, -0.1) is 0 Å². The molecular weight excluding hydrogens is 418 g/mol. The van der Waals surface area contributed by atoms with Crippen LogP contribution in [0.4, 0.5) is 0 Å². The highest BCUT2D eigenvalue weighted by Gasteiger charge is 2.10. The maximum Gasteiger partial charge on any atom is 0.161 e. The summed E-state index contributed by atoms with van der Waals surface area (Å²) in [6.07, 6.45) is 1.80. The number of halogens is 1. The van der Waals surface area contributed by atoms with Gasteiger partial charge in [0, 0.05) is 10.6 Å². The molecule has 0 amide bonds. The van der Waals surface area contributed by atoms with Crippen molar-refractivity contribution in [1.29, 1.82) is 5.26 Å². The Morgan fingerprint density at radius 1 is 0.875 bits per heavy atom. The first-order valence-corrected chi connectivity index (χ1v) is 10.8. The lowest BCUT2D eigenvalue weighted by Crippen LogP contribution is -2.00. The van der Waals surface area contributed by atoms with Gasteiger partial charge in [-0.2, -0.15) is 5.26 Å². The van der Waals surface area contributed by atoms with Crippen LogP contribution in [0.1, 0.15) is 23.6 Å². The van der Waals surface area contributed by atoms with Crippen molar-refractivity contribution >= 4 is 34.0 Å². The smallest absolute Gasteiger partial charge is 0.161 e. The fourth-order valence-corrected chi connectivity index (χ4v) is 3.75. The Hall–Kier alpha value is -3.74. The van der Waals surface area contributed by atoms with Crippen LogP contribution < -0.4 is 9.47 Å². The molecule has 0 unspecified atom stereocenters. The Balaban J connectivity index is 1.58. The van der Waals surface area contributed by atoms with Crippen molar-refractivity contribution in [2.24, 2.45) is 0 Å². The number of benzene rings is 4. The van der Waals surface area contributed by atoms with Crippen molar-refractivity contribution in [1.82, 2.24) is 0 Å². The third-order valence-corrected chi connectivity index (χ3v) is 5.40. The van der Waals surface area contributed by atoms with Gasteiger partial charge in [0.05, 0.1) is 18.2 Å². The number of hydrogen-bond donors (Lipinski definition) is 0. The van der Waals surface area contributed by atoms with Crippen molar-refractivity contribution in [3.05, 3.63) is 107 Å². The molecule has 4 aromatic carbocycles. The fraction of sp³-hybridized carbons (Fsp3) is 0.107. The molecule has 4 rings (SSSR count). The van der Waals surface area contributed by atoms with E-state index in [1.807, 2.05) is 55.5 Å². The number of ether oxygens (including phenoxy) is 2. The number of fused-ring (bicyclic) bond motifs is 1. The Bertz CT molecular complexity index is 1320. The summed E-state index contributed by atoms with van der Waals surface area (Å²) in [7, 11) is 0. The van der Waals surface area contributed by atoms with E-state index in [0.29, 0.717) is 40.9 Å². The molecule has 4 heteroatoms. The van der Waals surface area contributed by atoms with E-state index < -0.39 is 0 Å². The van der Waals surface area contributed by atoms with Crippen molar-refractivity contribution in [2.45, 2.75) is 13.5 Å². The SMILES string of the molecule is CCOc1cc(C=C(C#N)c2ccccc2Cl)ccc1OCc1ccc2ccccc2c1. The van der Waals surface area contributed by atoms with Gasteiger partial charge in [0.1, 0.15) is 6.61 Å². The number of nitrogens with zero attached hydrogens (tertiary/aromatic N) is 1. The minimum Gasteiger partial charge on any atom is -0.490 e. The van der Waals surface area contributed by atoms with E-state index in [-0.39, 0.29) is 0 Å². The summed E-state index contributed by atoms with van der Waals surface area (Å²) in [5.74, 6) is 1.30. The molecule has 0 atom stereocenters. The maximum absolute atomic E-state index is 9.65. The van der Waals surface area contributed by atoms with Gasteiger partial charge in [-0.25, -0.2) is 0 Å². The molecule has 0 aromatic heterocycles. The van der Waals surface area contributed by atoms with Crippen LogP contribution in [0, 0.1) is 11.3 Å². The molecule has 0 aliphatic rings. The molecule has 0 bridgehead atoms. The quantitative estimate of drug-likeness (QED) is 0.220. The van der Waals surface area contributed by atoms with E-state index in [9.17, 15) is 5.26 Å². The number of nitriles is 1. The number of rotatable bonds is 7. The number of allylic oxidation sites excluding steroid dienone is 1. The van der Waals surface area contributed by atoms with Crippen LogP contribution in [0.2, 0.25) is 5.02 Å². The average molecular weight is 440 g/mol. The van der Waals surface area contributed by atoms with Gasteiger partial charge >= 0.3 is 0 Å². The van der Waals surface area contributed by atoms with E-state index >= 15 is 0 Å². The minimum absolute atomic E-state index is 0.434. The molecule has 0 saturated carbocycles. The molecule has 0 N–H and O–H groups in total. The zero-order valence-corrected chi connectivity index (χ0v) is 18.5. The van der Waals surface area contributed by atoms with E-state index in [0.717, 1.165) is 11.1 Å². The molecule has 0 radical (unpaired) electrons. The third-order valence-electron chi connectivity index (χ3n) is 5.07. The van der Waals surface area contributed by atoms with Gasteiger partial charge in [-0.05, 0) is 59.2 Å². The monoisotopic (exact) mass is 439 g/mol. The van der Waals surface area contributed by atoms with Crippen LogP contribution in [0.3, 0.4) is 0 Å². The first kappa shape index (κ1) is 21.5. The van der Waals surface area contributed by atoms with Crippen LogP contribution in [0.15, 0.2) is 84.9 Å². The minimum atomic E-state index is 0.434. The van der Waals surface area contributed by atoms with Gasteiger partial charge < -0.3 is 9.47 Å². The summed E-state index contributed by atoms with van der Waals surface area (Å²) in [6.45, 7) is 2.87. The molecular formula is C28H22ClNO2. The zero-order valence-electron chi connectivity index (χ0n) is 17.7. The fourth-order valence-electron chi connectivity index (χ4n) is 3.51. The summed E-state index contributed by atoms with van der Waals surface area (Å²) in [6, 6.07) is 29.8. The van der Waals surface area contributed by atoms with Crippen molar-refractivity contribution in [3.8, 4) is 17.6 Å². The Morgan fingerprint density at radius 3 is 2.44 bits per heavy atom. The normalized spacial score (nSPS) is 11.2. The summed E-state index contributed by atoms with van der Waals surface area (Å²) in [5.41, 5.74) is 3.11. The van der Waals surface area contributed by atoms with Crippen LogP contribution in [0.5, 0.6) is 11.5 Å². The van der Waals surface area contributed by atoms with Crippen LogP contribution in [0.25, 0.3) is 22.4 Å². The Morgan fingerprint density at radius 2 is 1.66 bits per heavy atom. The second kappa shape index (κ2) is 10.0. The predicted octanol–water partition coefficient (Wildman–Crippen LogP) is 7.54. The zero-order chi connectivity index (χ0) is 22.3. The van der Waals surface area contributed by atoms with E-state index in [2.05, 4.69) is 36.4 Å². The Labute approximate surface area is 193 Å². The van der Waals surface area contributed by atoms with Crippen molar-refractivity contribution < 1.29 is 9.47 Å². The lowest BCUT2D eigenvalue weighted by molar-refractivity contribution is 0.269. The van der Waals surface area contributed by atoms with Crippen LogP contribution in [-0.2, 0) is 6.61 Å². The van der Waals surface area contributed by atoms with Crippen molar-refractivity contribution in [3.63, 3.8) is 0 Å². The van der Waals surface area contributed by atoms with E-state index in [4.69, 9.17) is 21.1 Å². The van der Waals surface area contributed by atoms with E-state index in [1.165, 1.54) is 10.8 Å². The highest BCUT2D eigenvalue weighted by molar-refractivity contribution is 6.32. The van der Waals surface area contributed by atoms with Crippen molar-refractivity contribution in [2.75, 3.05) is 6.61 Å². The standard InChI is InChI=1S/C28H22ClNO2/c1-2-31-28-17-20(15-24(18-30)25-9-5-6-10-26(25)29)12-14-27(28)32-19-21-11-13-22-7-3-4-8-23(22)16-21/h3-17H,2,19H2,1H3. The summed E-state index contributed by atoms with van der Waals surface area (Å²) >= 11 is 6.27. The summed E-state index contributed by atoms with van der Waals surface area (Å²) in [4.78, 5) is 0. The topological polar surface area (TPSA) is 42.2 Å². The molecule has 0 fully saturated rings. The van der Waals surface area contributed by atoms with Gasteiger partial charge in [0.25, 0.3) is 0 Å². The Kier molecular flexibility index (Phi) is 6.75. The molecule has 0 aliphatic carbocycles. The van der Waals surface area contributed by atoms with Gasteiger partial charge in [0.15, 0.2) is 11.5 Å². The second-order valence-corrected chi connectivity index (χ2v) is 7.67. The maximum atomic E-state index is 9.65. The van der Waals surface area contributed by atoms with Gasteiger partial charge in [-0.3, -0.25) is 0 Å². The largest absolute Gasteiger partial charge is 0.490 e. The van der Waals surface area contributed by atoms with Crippen LogP contribution in [-0.4, -0.2) is 6.61 Å². The second-order valence-electron chi connectivity index (χ2n) is 7.26. The van der Waals surface area contributed by atoms with Gasteiger partial charge in [-0.1, -0.05) is 72.3 Å². The van der Waals surface area contributed by atoms with E-state index in [1.54, 1.807) is 12.1 Å². The molecule has 0 spiro atoms. The third kappa shape index (κ3) is 4.94. The first-order valence-electron chi connectivity index (χ1n) is 10.4. The lowest BCUT2D eigenvalue weighted by atomic mass is 10.0. The highest BCUT2D eigenvalue weighted by Crippen LogP contribution is 2.32.